The van der Waals surface area contributed by atoms with E-state index in [1.54, 1.807) is 59.7 Å². The number of carbonyl (C=O) groups is 4. The minimum atomic E-state index is -1.29. The van der Waals surface area contributed by atoms with Crippen molar-refractivity contribution in [2.24, 2.45) is 5.92 Å². The first-order valence-electron chi connectivity index (χ1n) is 15.7. The van der Waals surface area contributed by atoms with Crippen LogP contribution in [0.25, 0.3) is 0 Å². The van der Waals surface area contributed by atoms with E-state index in [9.17, 15) is 24.3 Å². The number of rotatable bonds is 12. The molecule has 1 saturated carbocycles. The largest absolute Gasteiger partial charge is 0.508 e. The highest BCUT2D eigenvalue weighted by molar-refractivity contribution is 5.94. The average molecular weight is 624 g/mol. The molecule has 0 aromatic heterocycles. The van der Waals surface area contributed by atoms with E-state index in [0.717, 1.165) is 5.56 Å². The minimum absolute atomic E-state index is 0.155. The molecule has 0 aliphatic heterocycles. The molecular weight excluding hydrogens is 574 g/mol. The summed E-state index contributed by atoms with van der Waals surface area (Å²) < 4.78 is 11.1. The molecule has 45 heavy (non-hydrogen) atoms. The van der Waals surface area contributed by atoms with Crippen LogP contribution in [-0.4, -0.2) is 63.2 Å². The Labute approximate surface area is 266 Å². The molecule has 0 spiro atoms. The van der Waals surface area contributed by atoms with E-state index in [0.29, 0.717) is 19.3 Å². The highest BCUT2D eigenvalue weighted by Crippen LogP contribution is 2.39. The Hall–Kier alpha value is -4.08. The number of phenols is 1. The lowest BCUT2D eigenvalue weighted by molar-refractivity contribution is -0.159. The lowest BCUT2D eigenvalue weighted by atomic mass is 9.95. The van der Waals surface area contributed by atoms with E-state index in [2.05, 4.69) is 10.6 Å². The maximum atomic E-state index is 14.5. The maximum absolute atomic E-state index is 14.5. The molecule has 1 aliphatic carbocycles. The van der Waals surface area contributed by atoms with E-state index in [1.807, 2.05) is 44.2 Å². The molecule has 1 fully saturated rings. The summed E-state index contributed by atoms with van der Waals surface area (Å²) >= 11 is 0. The predicted octanol–water partition coefficient (Wildman–Crippen LogP) is 5.43. The Kier molecular flexibility index (Phi) is 11.6. The van der Waals surface area contributed by atoms with Crippen LogP contribution in [0.1, 0.15) is 91.8 Å². The molecular formula is C35H49N3O7. The van der Waals surface area contributed by atoms with Crippen LogP contribution >= 0.6 is 0 Å². The Morgan fingerprint density at radius 2 is 1.47 bits per heavy atom. The molecule has 0 bridgehead atoms. The van der Waals surface area contributed by atoms with E-state index in [1.165, 1.54) is 11.0 Å². The Bertz CT molecular complexity index is 1330. The summed E-state index contributed by atoms with van der Waals surface area (Å²) in [7, 11) is 0. The van der Waals surface area contributed by atoms with Gasteiger partial charge < -0.3 is 30.1 Å². The van der Waals surface area contributed by atoms with Crippen LogP contribution in [-0.2, 0) is 30.3 Å². The van der Waals surface area contributed by atoms with Gasteiger partial charge in [-0.15, -0.1) is 0 Å². The number of hydrogen-bond acceptors (Lipinski definition) is 7. The SMILES string of the molecule is CCC(C)C(NC(=O)OC(C)(C)C)C(=O)N(C1CC1)C(C(=O)NC(Cc1ccccc1)C(=O)OC(C)(C)C)c1ccccc1O. The topological polar surface area (TPSA) is 134 Å². The van der Waals surface area contributed by atoms with Gasteiger partial charge in [-0.25, -0.2) is 9.59 Å². The molecule has 3 amide bonds. The number of phenolic OH excluding ortho intramolecular Hbond substituents is 1. The van der Waals surface area contributed by atoms with Crippen molar-refractivity contribution in [1.29, 1.82) is 0 Å². The third-order valence-electron chi connectivity index (χ3n) is 7.39. The van der Waals surface area contributed by atoms with Crippen molar-refractivity contribution in [1.82, 2.24) is 15.5 Å². The van der Waals surface area contributed by atoms with Crippen molar-refractivity contribution in [2.75, 3.05) is 0 Å². The second-order valence-electron chi connectivity index (χ2n) is 13.7. The number of ether oxygens (including phenoxy) is 2. The molecule has 3 N–H and O–H groups in total. The van der Waals surface area contributed by atoms with E-state index in [4.69, 9.17) is 9.47 Å². The Balaban J connectivity index is 2.05. The number of amides is 3. The number of esters is 1. The van der Waals surface area contributed by atoms with Crippen molar-refractivity contribution in [2.45, 2.75) is 116 Å². The molecule has 4 atom stereocenters. The monoisotopic (exact) mass is 623 g/mol. The number of hydrogen-bond donors (Lipinski definition) is 3. The zero-order valence-corrected chi connectivity index (χ0v) is 27.8. The fraction of sp³-hybridized carbons (Fsp3) is 0.543. The number of alkyl carbamates (subject to hydrolysis) is 1. The first kappa shape index (κ1) is 35.4. The van der Waals surface area contributed by atoms with Gasteiger partial charge in [0.05, 0.1) is 0 Å². The van der Waals surface area contributed by atoms with Crippen LogP contribution in [0.5, 0.6) is 5.75 Å². The first-order valence-corrected chi connectivity index (χ1v) is 15.7. The van der Waals surface area contributed by atoms with Gasteiger partial charge >= 0.3 is 12.1 Å². The zero-order chi connectivity index (χ0) is 33.5. The molecule has 10 heteroatoms. The maximum Gasteiger partial charge on any atom is 0.408 e. The summed E-state index contributed by atoms with van der Waals surface area (Å²) in [6.07, 6.45) is 1.26. The molecule has 0 radical (unpaired) electrons. The van der Waals surface area contributed by atoms with Crippen LogP contribution < -0.4 is 10.6 Å². The van der Waals surface area contributed by atoms with Crippen molar-refractivity contribution in [3.8, 4) is 5.75 Å². The van der Waals surface area contributed by atoms with Gasteiger partial charge in [0.2, 0.25) is 11.8 Å². The Morgan fingerprint density at radius 3 is 2.00 bits per heavy atom. The second kappa shape index (κ2) is 14.8. The lowest BCUT2D eigenvalue weighted by Crippen LogP contribution is -2.57. The van der Waals surface area contributed by atoms with Gasteiger partial charge in [-0.3, -0.25) is 9.59 Å². The highest BCUT2D eigenvalue weighted by atomic mass is 16.6. The zero-order valence-electron chi connectivity index (χ0n) is 27.8. The minimum Gasteiger partial charge on any atom is -0.508 e. The number of aromatic hydroxyl groups is 1. The smallest absolute Gasteiger partial charge is 0.408 e. The van der Waals surface area contributed by atoms with Crippen molar-refractivity contribution in [3.05, 3.63) is 65.7 Å². The van der Waals surface area contributed by atoms with Gasteiger partial charge in [-0.1, -0.05) is 68.8 Å². The van der Waals surface area contributed by atoms with Gasteiger partial charge in [0.1, 0.15) is 35.1 Å². The summed E-state index contributed by atoms with van der Waals surface area (Å²) in [5, 5.41) is 16.6. The number of carbonyl (C=O) groups excluding carboxylic acids is 4. The van der Waals surface area contributed by atoms with Crippen molar-refractivity contribution in [3.63, 3.8) is 0 Å². The molecule has 1 aliphatic rings. The summed E-state index contributed by atoms with van der Waals surface area (Å²) in [5.41, 5.74) is -0.572. The molecule has 4 unspecified atom stereocenters. The van der Waals surface area contributed by atoms with Gasteiger partial charge in [0, 0.05) is 18.0 Å². The van der Waals surface area contributed by atoms with Crippen molar-refractivity contribution < 1.29 is 33.8 Å². The predicted molar refractivity (Wildman–Crippen MR) is 171 cm³/mol. The average Bonchev–Trinajstić information content (AvgIpc) is 3.78. The standard InChI is InChI=1S/C35H49N3O7/c1-9-22(2)28(37-33(43)45-35(6,7)8)31(41)38(24-19-20-24)29(25-17-13-14-18-27(25)39)30(40)36-26(32(42)44-34(3,4)5)21-23-15-11-10-12-16-23/h10-18,22,24,26,28-29,39H,9,19-21H2,1-8H3,(H,36,40)(H,37,43). The lowest BCUT2D eigenvalue weighted by Gasteiger charge is -2.37. The number of nitrogens with one attached hydrogen (secondary N) is 2. The van der Waals surface area contributed by atoms with Gasteiger partial charge in [-0.05, 0) is 71.9 Å². The van der Waals surface area contributed by atoms with Crippen LogP contribution in [0, 0.1) is 5.92 Å². The molecule has 0 heterocycles. The molecule has 2 aromatic carbocycles. The Morgan fingerprint density at radius 1 is 0.889 bits per heavy atom. The summed E-state index contributed by atoms with van der Waals surface area (Å²) in [5.74, 6) is -2.22. The molecule has 2 aromatic rings. The molecule has 3 rings (SSSR count). The summed E-state index contributed by atoms with van der Waals surface area (Å²) in [6, 6.07) is 11.9. The molecule has 0 saturated heterocycles. The third-order valence-corrected chi connectivity index (χ3v) is 7.39. The van der Waals surface area contributed by atoms with Gasteiger partial charge in [0.15, 0.2) is 0 Å². The fourth-order valence-corrected chi connectivity index (χ4v) is 4.95. The number of benzene rings is 2. The van der Waals surface area contributed by atoms with Gasteiger partial charge in [-0.2, -0.15) is 0 Å². The summed E-state index contributed by atoms with van der Waals surface area (Å²) in [4.78, 5) is 56.6. The number of para-hydroxylation sites is 1. The van der Waals surface area contributed by atoms with E-state index in [-0.39, 0.29) is 29.7 Å². The van der Waals surface area contributed by atoms with Gasteiger partial charge in [0.25, 0.3) is 0 Å². The first-order chi connectivity index (χ1) is 21.0. The normalized spacial score (nSPS) is 16.0. The third kappa shape index (κ3) is 10.5. The number of nitrogens with zero attached hydrogens (tertiary/aromatic N) is 1. The molecule has 10 nitrogen and oxygen atoms in total. The quantitative estimate of drug-likeness (QED) is 0.268. The molecule has 246 valence electrons. The second-order valence-corrected chi connectivity index (χ2v) is 13.7. The van der Waals surface area contributed by atoms with Crippen LogP contribution in [0.15, 0.2) is 54.6 Å². The van der Waals surface area contributed by atoms with E-state index >= 15 is 0 Å². The van der Waals surface area contributed by atoms with Crippen LogP contribution in [0.4, 0.5) is 4.79 Å². The van der Waals surface area contributed by atoms with Crippen LogP contribution in [0.3, 0.4) is 0 Å². The van der Waals surface area contributed by atoms with E-state index < -0.39 is 53.2 Å². The fourth-order valence-electron chi connectivity index (χ4n) is 4.95. The summed E-state index contributed by atoms with van der Waals surface area (Å²) in [6.45, 7) is 14.2. The van der Waals surface area contributed by atoms with Crippen molar-refractivity contribution >= 4 is 23.9 Å². The van der Waals surface area contributed by atoms with Crippen LogP contribution in [0.2, 0.25) is 0 Å². The highest BCUT2D eigenvalue weighted by Gasteiger charge is 2.46.